The topological polar surface area (TPSA) is 49.9 Å². The van der Waals surface area contributed by atoms with Gasteiger partial charge in [0.2, 0.25) is 5.91 Å². The van der Waals surface area contributed by atoms with Gasteiger partial charge in [0.15, 0.2) is 0 Å². The second kappa shape index (κ2) is 6.68. The molecular formula is C15H26N2O3. The van der Waals surface area contributed by atoms with Crippen LogP contribution in [0.3, 0.4) is 0 Å². The first-order valence-corrected chi connectivity index (χ1v) is 7.51. The summed E-state index contributed by atoms with van der Waals surface area (Å²) in [6.07, 6.45) is 2.58. The predicted octanol–water partition coefficient (Wildman–Crippen LogP) is 0.781. The Morgan fingerprint density at radius 1 is 1.10 bits per heavy atom. The molecule has 2 atom stereocenters. The molecule has 0 aromatic rings. The third-order valence-corrected chi connectivity index (χ3v) is 4.70. The number of likely N-dealkylation sites (tertiary alicyclic amines) is 2. The molecule has 0 aromatic heterocycles. The summed E-state index contributed by atoms with van der Waals surface area (Å²) in [6, 6.07) is 0. The van der Waals surface area contributed by atoms with E-state index in [4.69, 9.17) is 4.74 Å². The van der Waals surface area contributed by atoms with Crippen molar-refractivity contribution in [2.45, 2.75) is 32.3 Å². The second-order valence-electron chi connectivity index (χ2n) is 6.22. The fourth-order valence-corrected chi connectivity index (χ4v) is 3.21. The summed E-state index contributed by atoms with van der Waals surface area (Å²) in [6.45, 7) is 4.77. The predicted molar refractivity (Wildman–Crippen MR) is 76.4 cm³/mol. The molecule has 2 saturated heterocycles. The molecule has 5 nitrogen and oxygen atoms in total. The number of hydrogen-bond donors (Lipinski definition) is 0. The Labute approximate surface area is 121 Å². The van der Waals surface area contributed by atoms with Crippen LogP contribution in [0.15, 0.2) is 0 Å². The zero-order valence-corrected chi connectivity index (χ0v) is 12.8. The molecule has 0 radical (unpaired) electrons. The molecule has 114 valence electrons. The SMILES string of the molecule is COC1CC(C(C)=O)CN(C(=O)C2CCN(C)CC2)C1. The number of Topliss-reactive ketones (excluding diaryl/α,β-unsaturated/α-hetero) is 1. The van der Waals surface area contributed by atoms with E-state index in [0.717, 1.165) is 32.4 Å². The number of ether oxygens (including phenoxy) is 1. The monoisotopic (exact) mass is 282 g/mol. The van der Waals surface area contributed by atoms with Crippen LogP contribution in [-0.4, -0.2) is 67.9 Å². The molecule has 2 unspecified atom stereocenters. The lowest BCUT2D eigenvalue weighted by atomic mass is 9.90. The Bertz CT molecular complexity index is 364. The standard InChI is InChI=1S/C15H26N2O3/c1-11(18)13-8-14(20-3)10-17(9-13)15(19)12-4-6-16(2)7-5-12/h12-14H,4-10H2,1-3H3. The highest BCUT2D eigenvalue weighted by molar-refractivity contribution is 5.82. The first-order valence-electron chi connectivity index (χ1n) is 7.51. The lowest BCUT2D eigenvalue weighted by Crippen LogP contribution is -2.51. The average molecular weight is 282 g/mol. The van der Waals surface area contributed by atoms with Crippen LogP contribution in [-0.2, 0) is 14.3 Å². The summed E-state index contributed by atoms with van der Waals surface area (Å²) in [5.74, 6) is 0.428. The maximum absolute atomic E-state index is 12.6. The Kier molecular flexibility index (Phi) is 5.16. The molecule has 2 rings (SSSR count). The van der Waals surface area contributed by atoms with Gasteiger partial charge in [-0.15, -0.1) is 0 Å². The van der Waals surface area contributed by atoms with E-state index in [-0.39, 0.29) is 29.6 Å². The highest BCUT2D eigenvalue weighted by Gasteiger charge is 2.35. The number of nitrogens with zero attached hydrogens (tertiary/aromatic N) is 2. The second-order valence-corrected chi connectivity index (χ2v) is 6.22. The fraction of sp³-hybridized carbons (Fsp3) is 0.867. The number of rotatable bonds is 3. The maximum Gasteiger partial charge on any atom is 0.225 e. The van der Waals surface area contributed by atoms with Crippen molar-refractivity contribution >= 4 is 11.7 Å². The van der Waals surface area contributed by atoms with E-state index in [1.807, 2.05) is 4.90 Å². The van der Waals surface area contributed by atoms with Crippen LogP contribution in [0.4, 0.5) is 0 Å². The summed E-state index contributed by atoms with van der Waals surface area (Å²) in [5.41, 5.74) is 0. The molecule has 0 bridgehead atoms. The van der Waals surface area contributed by atoms with Crippen molar-refractivity contribution in [3.05, 3.63) is 0 Å². The number of carbonyl (C=O) groups excluding carboxylic acids is 2. The Hall–Kier alpha value is -0.940. The van der Waals surface area contributed by atoms with Gasteiger partial charge in [0.05, 0.1) is 6.10 Å². The minimum Gasteiger partial charge on any atom is -0.380 e. The summed E-state index contributed by atoms with van der Waals surface area (Å²) in [4.78, 5) is 28.4. The van der Waals surface area contributed by atoms with Crippen molar-refractivity contribution in [3.63, 3.8) is 0 Å². The van der Waals surface area contributed by atoms with Crippen molar-refractivity contribution < 1.29 is 14.3 Å². The zero-order chi connectivity index (χ0) is 14.7. The van der Waals surface area contributed by atoms with Gasteiger partial charge < -0.3 is 14.5 Å². The third-order valence-electron chi connectivity index (χ3n) is 4.70. The fourth-order valence-electron chi connectivity index (χ4n) is 3.21. The molecule has 0 aromatic carbocycles. The van der Waals surface area contributed by atoms with Crippen LogP contribution in [0.1, 0.15) is 26.2 Å². The van der Waals surface area contributed by atoms with Gasteiger partial charge in [-0.05, 0) is 46.3 Å². The van der Waals surface area contributed by atoms with Crippen molar-refractivity contribution in [1.82, 2.24) is 9.80 Å². The molecule has 1 amide bonds. The number of carbonyl (C=O) groups is 2. The summed E-state index contributed by atoms with van der Waals surface area (Å²) < 4.78 is 5.40. The maximum atomic E-state index is 12.6. The number of methoxy groups -OCH3 is 1. The van der Waals surface area contributed by atoms with Gasteiger partial charge in [-0.25, -0.2) is 0 Å². The highest BCUT2D eigenvalue weighted by atomic mass is 16.5. The number of amides is 1. The van der Waals surface area contributed by atoms with Crippen LogP contribution < -0.4 is 0 Å². The van der Waals surface area contributed by atoms with E-state index in [2.05, 4.69) is 11.9 Å². The summed E-state index contributed by atoms with van der Waals surface area (Å²) in [5, 5.41) is 0. The van der Waals surface area contributed by atoms with Crippen LogP contribution in [0.2, 0.25) is 0 Å². The largest absolute Gasteiger partial charge is 0.380 e. The van der Waals surface area contributed by atoms with Gasteiger partial charge >= 0.3 is 0 Å². The van der Waals surface area contributed by atoms with E-state index in [0.29, 0.717) is 13.1 Å². The van der Waals surface area contributed by atoms with Gasteiger partial charge in [0.25, 0.3) is 0 Å². The van der Waals surface area contributed by atoms with Gasteiger partial charge in [0.1, 0.15) is 5.78 Å². The minimum atomic E-state index is -0.0658. The van der Waals surface area contributed by atoms with Gasteiger partial charge in [-0.1, -0.05) is 0 Å². The van der Waals surface area contributed by atoms with E-state index in [1.165, 1.54) is 0 Å². The highest BCUT2D eigenvalue weighted by Crippen LogP contribution is 2.24. The molecule has 0 saturated carbocycles. The van der Waals surface area contributed by atoms with Crippen LogP contribution in [0, 0.1) is 11.8 Å². The molecule has 0 N–H and O–H groups in total. The number of hydrogen-bond acceptors (Lipinski definition) is 4. The van der Waals surface area contributed by atoms with Gasteiger partial charge in [0, 0.05) is 32.0 Å². The van der Waals surface area contributed by atoms with Crippen molar-refractivity contribution in [3.8, 4) is 0 Å². The van der Waals surface area contributed by atoms with Gasteiger partial charge in [-0.2, -0.15) is 0 Å². The van der Waals surface area contributed by atoms with Gasteiger partial charge in [-0.3, -0.25) is 9.59 Å². The van der Waals surface area contributed by atoms with E-state index < -0.39 is 0 Å². The quantitative estimate of drug-likeness (QED) is 0.767. The number of ketones is 1. The van der Waals surface area contributed by atoms with E-state index in [9.17, 15) is 9.59 Å². The Balaban J connectivity index is 1.98. The molecule has 2 aliphatic heterocycles. The summed E-state index contributed by atoms with van der Waals surface area (Å²) >= 11 is 0. The van der Waals surface area contributed by atoms with Crippen LogP contribution in [0.25, 0.3) is 0 Å². The molecule has 5 heteroatoms. The molecule has 2 aliphatic rings. The molecular weight excluding hydrogens is 256 g/mol. The lowest BCUT2D eigenvalue weighted by Gasteiger charge is -2.39. The van der Waals surface area contributed by atoms with Crippen LogP contribution in [0.5, 0.6) is 0 Å². The van der Waals surface area contributed by atoms with Crippen LogP contribution >= 0.6 is 0 Å². The Morgan fingerprint density at radius 2 is 1.75 bits per heavy atom. The Morgan fingerprint density at radius 3 is 2.30 bits per heavy atom. The van der Waals surface area contributed by atoms with E-state index in [1.54, 1.807) is 14.0 Å². The lowest BCUT2D eigenvalue weighted by molar-refractivity contribution is -0.144. The van der Waals surface area contributed by atoms with Crippen molar-refractivity contribution in [2.75, 3.05) is 40.3 Å². The van der Waals surface area contributed by atoms with Crippen molar-refractivity contribution in [1.29, 1.82) is 0 Å². The molecule has 2 fully saturated rings. The minimum absolute atomic E-state index is 0.00661. The molecule has 20 heavy (non-hydrogen) atoms. The number of piperidine rings is 2. The first kappa shape index (κ1) is 15.4. The van der Waals surface area contributed by atoms with Crippen molar-refractivity contribution in [2.24, 2.45) is 11.8 Å². The first-order chi connectivity index (χ1) is 9.51. The molecule has 0 aliphatic carbocycles. The summed E-state index contributed by atoms with van der Waals surface area (Å²) in [7, 11) is 3.75. The average Bonchev–Trinajstić information content (AvgIpc) is 2.46. The molecule has 0 spiro atoms. The molecule has 2 heterocycles. The smallest absolute Gasteiger partial charge is 0.225 e. The third kappa shape index (κ3) is 3.58. The normalized spacial score (nSPS) is 29.4. The van der Waals surface area contributed by atoms with E-state index >= 15 is 0 Å². The zero-order valence-electron chi connectivity index (χ0n) is 12.8.